The Labute approximate surface area is 320 Å². The standard InChI is InChI=1S/C50H64F2O/c1-5-9-11-43-29-31-47(49(51)45(43)33-37-17-25-41(26-18-37)39-21-13-35(7-3)14-22-39)53-48-32-30-44(12-10-6-2)46(50(48)52)34-38-19-27-42(28-20-38)40-23-15-36(8-4)16-24-40/h17-20,25-32,35-36,39-40H,5-16,21-24,33-34H2,1-4H3/t35-,36-,39-,40-. The van der Waals surface area contributed by atoms with Gasteiger partial charge in [0.05, 0.1) is 0 Å². The Bertz CT molecular complexity index is 1590. The summed E-state index contributed by atoms with van der Waals surface area (Å²) in [6, 6.07) is 25.2. The predicted octanol–water partition coefficient (Wildman–Crippen LogP) is 15.0. The quantitative estimate of drug-likeness (QED) is 0.112. The van der Waals surface area contributed by atoms with Crippen LogP contribution in [0.4, 0.5) is 8.78 Å². The molecule has 1 nitrogen and oxygen atoms in total. The van der Waals surface area contributed by atoms with E-state index in [1.54, 1.807) is 12.1 Å². The maximum Gasteiger partial charge on any atom is 0.169 e. The summed E-state index contributed by atoms with van der Waals surface area (Å²) >= 11 is 0. The maximum atomic E-state index is 16.6. The molecular formula is C50H64F2O. The third-order valence-corrected chi connectivity index (χ3v) is 12.9. The number of rotatable bonds is 16. The van der Waals surface area contributed by atoms with Crippen molar-refractivity contribution in [1.82, 2.24) is 0 Å². The molecule has 0 spiro atoms. The summed E-state index contributed by atoms with van der Waals surface area (Å²) in [4.78, 5) is 0. The van der Waals surface area contributed by atoms with Crippen LogP contribution in [-0.2, 0) is 25.7 Å². The first-order chi connectivity index (χ1) is 25.9. The van der Waals surface area contributed by atoms with Crippen LogP contribution in [0.2, 0.25) is 0 Å². The van der Waals surface area contributed by atoms with Gasteiger partial charge in [-0.1, -0.05) is 114 Å². The number of unbranched alkanes of at least 4 members (excludes halogenated alkanes) is 2. The highest BCUT2D eigenvalue weighted by Crippen LogP contribution is 2.39. The minimum atomic E-state index is -0.375. The molecule has 0 radical (unpaired) electrons. The van der Waals surface area contributed by atoms with Crippen LogP contribution in [0.15, 0.2) is 72.8 Å². The summed E-state index contributed by atoms with van der Waals surface area (Å²) < 4.78 is 39.4. The third kappa shape index (κ3) is 10.00. The summed E-state index contributed by atoms with van der Waals surface area (Å²) in [5.74, 6) is 2.45. The van der Waals surface area contributed by atoms with Gasteiger partial charge >= 0.3 is 0 Å². The van der Waals surface area contributed by atoms with E-state index in [1.165, 1.54) is 75.3 Å². The zero-order valence-corrected chi connectivity index (χ0v) is 33.1. The second kappa shape index (κ2) is 19.2. The number of ether oxygens (including phenoxy) is 1. The van der Waals surface area contributed by atoms with E-state index in [2.05, 4.69) is 76.2 Å². The van der Waals surface area contributed by atoms with Crippen LogP contribution in [0.25, 0.3) is 0 Å². The number of halogens is 2. The zero-order valence-electron chi connectivity index (χ0n) is 33.1. The molecule has 3 heteroatoms. The summed E-state index contributed by atoms with van der Waals surface area (Å²) in [6.45, 7) is 8.95. The Kier molecular flexibility index (Phi) is 14.2. The van der Waals surface area contributed by atoms with Crippen molar-refractivity contribution in [3.05, 3.63) is 129 Å². The second-order valence-corrected chi connectivity index (χ2v) is 16.4. The predicted molar refractivity (Wildman–Crippen MR) is 219 cm³/mol. The minimum Gasteiger partial charge on any atom is -0.451 e. The van der Waals surface area contributed by atoms with Gasteiger partial charge in [0.1, 0.15) is 0 Å². The number of aryl methyl sites for hydroxylation is 2. The van der Waals surface area contributed by atoms with E-state index in [0.29, 0.717) is 35.8 Å². The first-order valence-electron chi connectivity index (χ1n) is 21.4. The molecule has 4 aromatic carbocycles. The molecule has 6 rings (SSSR count). The van der Waals surface area contributed by atoms with Gasteiger partial charge in [0.2, 0.25) is 0 Å². The zero-order chi connectivity index (χ0) is 37.2. The van der Waals surface area contributed by atoms with E-state index in [4.69, 9.17) is 4.74 Å². The van der Waals surface area contributed by atoms with Gasteiger partial charge < -0.3 is 4.74 Å². The van der Waals surface area contributed by atoms with Gasteiger partial charge in [-0.15, -0.1) is 0 Å². The van der Waals surface area contributed by atoms with Gasteiger partial charge in [-0.3, -0.25) is 0 Å². The van der Waals surface area contributed by atoms with Crippen molar-refractivity contribution in [1.29, 1.82) is 0 Å². The lowest BCUT2D eigenvalue weighted by Crippen LogP contribution is -2.12. The molecule has 2 aliphatic carbocycles. The Morgan fingerprint density at radius 3 is 1.21 bits per heavy atom. The Morgan fingerprint density at radius 1 is 0.491 bits per heavy atom. The van der Waals surface area contributed by atoms with Gasteiger partial charge in [0.15, 0.2) is 23.1 Å². The van der Waals surface area contributed by atoms with E-state index < -0.39 is 0 Å². The highest BCUT2D eigenvalue weighted by molar-refractivity contribution is 5.46. The van der Waals surface area contributed by atoms with Crippen LogP contribution < -0.4 is 4.74 Å². The van der Waals surface area contributed by atoms with Crippen LogP contribution in [0.1, 0.15) is 174 Å². The number of hydrogen-bond acceptors (Lipinski definition) is 1. The SMILES string of the molecule is CCCCc1ccc(Oc2ccc(CCCC)c(Cc3ccc([C@H]4CC[C@H](CC)CC4)cc3)c2F)c(F)c1Cc1ccc([C@H]2CC[C@H](CC)CC2)cc1. The highest BCUT2D eigenvalue weighted by atomic mass is 19.1. The van der Waals surface area contributed by atoms with Gasteiger partial charge in [-0.05, 0) is 157 Å². The van der Waals surface area contributed by atoms with Crippen LogP contribution in [0.3, 0.4) is 0 Å². The van der Waals surface area contributed by atoms with Crippen molar-refractivity contribution in [3.63, 3.8) is 0 Å². The molecule has 0 saturated heterocycles. The van der Waals surface area contributed by atoms with Crippen molar-refractivity contribution in [2.24, 2.45) is 11.8 Å². The molecule has 4 aromatic rings. The van der Waals surface area contributed by atoms with Crippen molar-refractivity contribution in [3.8, 4) is 11.5 Å². The molecule has 53 heavy (non-hydrogen) atoms. The van der Waals surface area contributed by atoms with E-state index >= 15 is 8.78 Å². The lowest BCUT2D eigenvalue weighted by atomic mass is 9.77. The van der Waals surface area contributed by atoms with Crippen LogP contribution in [-0.4, -0.2) is 0 Å². The minimum absolute atomic E-state index is 0.0952. The summed E-state index contributed by atoms with van der Waals surface area (Å²) in [7, 11) is 0. The molecule has 0 aromatic heterocycles. The molecule has 0 heterocycles. The summed E-state index contributed by atoms with van der Waals surface area (Å²) in [5.41, 5.74) is 8.35. The fourth-order valence-electron chi connectivity index (χ4n) is 9.17. The molecule has 2 fully saturated rings. The number of benzene rings is 4. The largest absolute Gasteiger partial charge is 0.451 e. The van der Waals surface area contributed by atoms with Crippen molar-refractivity contribution >= 4 is 0 Å². The van der Waals surface area contributed by atoms with Crippen LogP contribution >= 0.6 is 0 Å². The molecule has 0 atom stereocenters. The first kappa shape index (κ1) is 39.2. The summed E-state index contributed by atoms with van der Waals surface area (Å²) in [5, 5.41) is 0. The Hall–Kier alpha value is -3.46. The first-order valence-corrected chi connectivity index (χ1v) is 21.4. The molecule has 0 bridgehead atoms. The number of hydrogen-bond donors (Lipinski definition) is 0. The fourth-order valence-corrected chi connectivity index (χ4v) is 9.17. The average Bonchev–Trinajstić information content (AvgIpc) is 3.20. The lowest BCUT2D eigenvalue weighted by Gasteiger charge is -2.28. The van der Waals surface area contributed by atoms with Gasteiger partial charge in [0.25, 0.3) is 0 Å². The van der Waals surface area contributed by atoms with E-state index in [0.717, 1.165) is 72.6 Å². The molecule has 0 aliphatic heterocycles. The molecule has 2 aliphatic rings. The average molecular weight is 719 g/mol. The molecular weight excluding hydrogens is 655 g/mol. The van der Waals surface area contributed by atoms with Crippen LogP contribution in [0, 0.1) is 23.5 Å². The van der Waals surface area contributed by atoms with Gasteiger partial charge in [0, 0.05) is 12.8 Å². The third-order valence-electron chi connectivity index (χ3n) is 12.9. The Morgan fingerprint density at radius 2 is 0.868 bits per heavy atom. The Balaban J connectivity index is 1.22. The smallest absolute Gasteiger partial charge is 0.169 e. The molecule has 284 valence electrons. The highest BCUT2D eigenvalue weighted by Gasteiger charge is 2.24. The molecule has 0 N–H and O–H groups in total. The van der Waals surface area contributed by atoms with Crippen LogP contribution in [0.5, 0.6) is 11.5 Å². The normalized spacial score (nSPS) is 20.4. The maximum absolute atomic E-state index is 16.6. The lowest BCUT2D eigenvalue weighted by molar-refractivity contribution is 0.319. The van der Waals surface area contributed by atoms with E-state index in [-0.39, 0.29) is 23.1 Å². The molecule has 0 amide bonds. The van der Waals surface area contributed by atoms with Crippen molar-refractivity contribution in [2.45, 2.75) is 155 Å². The van der Waals surface area contributed by atoms with E-state index in [1.807, 2.05) is 12.1 Å². The van der Waals surface area contributed by atoms with Gasteiger partial charge in [-0.25, -0.2) is 8.78 Å². The monoisotopic (exact) mass is 718 g/mol. The molecule has 0 unspecified atom stereocenters. The summed E-state index contributed by atoms with van der Waals surface area (Å²) in [6.07, 6.45) is 19.5. The van der Waals surface area contributed by atoms with Crippen molar-refractivity contribution < 1.29 is 13.5 Å². The fraction of sp³-hybridized carbons (Fsp3) is 0.520. The van der Waals surface area contributed by atoms with Gasteiger partial charge in [-0.2, -0.15) is 0 Å². The van der Waals surface area contributed by atoms with E-state index in [9.17, 15) is 0 Å². The second-order valence-electron chi connectivity index (χ2n) is 16.4. The van der Waals surface area contributed by atoms with Crippen molar-refractivity contribution in [2.75, 3.05) is 0 Å². The molecule has 2 saturated carbocycles. The topological polar surface area (TPSA) is 9.23 Å².